The second-order valence-corrected chi connectivity index (χ2v) is 6.55. The fourth-order valence-corrected chi connectivity index (χ4v) is 3.63. The summed E-state index contributed by atoms with van der Waals surface area (Å²) >= 11 is 0. The number of aliphatic hydroxyl groups excluding tert-OH is 1. The van der Waals surface area contributed by atoms with Crippen LogP contribution in [0.5, 0.6) is 0 Å². The highest BCUT2D eigenvalue weighted by molar-refractivity contribution is 5.73. The van der Waals surface area contributed by atoms with Crippen molar-refractivity contribution in [2.75, 3.05) is 13.1 Å². The van der Waals surface area contributed by atoms with E-state index in [2.05, 4.69) is 17.1 Å². The molecule has 1 saturated heterocycles. The summed E-state index contributed by atoms with van der Waals surface area (Å²) < 4.78 is 0. The first-order chi connectivity index (χ1) is 8.99. The van der Waals surface area contributed by atoms with Crippen LogP contribution in [0.15, 0.2) is 0 Å². The zero-order valence-corrected chi connectivity index (χ0v) is 12.4. The summed E-state index contributed by atoms with van der Waals surface area (Å²) in [4.78, 5) is 13.8. The van der Waals surface area contributed by atoms with Gasteiger partial charge in [0.1, 0.15) is 0 Å². The Morgan fingerprint density at radius 3 is 2.58 bits per heavy atom. The molecule has 4 heteroatoms. The molecule has 2 fully saturated rings. The number of likely N-dealkylation sites (tertiary alicyclic amines) is 1. The van der Waals surface area contributed by atoms with E-state index in [4.69, 9.17) is 0 Å². The predicted molar refractivity (Wildman–Crippen MR) is 75.8 cm³/mol. The topological polar surface area (TPSA) is 52.6 Å². The molecule has 19 heavy (non-hydrogen) atoms. The van der Waals surface area contributed by atoms with Crippen LogP contribution in [0.4, 0.5) is 0 Å². The number of nitrogens with zero attached hydrogens (tertiary/aromatic N) is 1. The summed E-state index contributed by atoms with van der Waals surface area (Å²) in [7, 11) is 0. The molecule has 3 unspecified atom stereocenters. The molecule has 0 spiro atoms. The Labute approximate surface area is 116 Å². The van der Waals surface area contributed by atoms with Gasteiger partial charge >= 0.3 is 0 Å². The van der Waals surface area contributed by atoms with Gasteiger partial charge in [-0.1, -0.05) is 13.8 Å². The minimum Gasteiger partial charge on any atom is -0.393 e. The van der Waals surface area contributed by atoms with Crippen molar-refractivity contribution in [1.29, 1.82) is 0 Å². The lowest BCUT2D eigenvalue weighted by molar-refractivity contribution is -0.120. The highest BCUT2D eigenvalue weighted by Crippen LogP contribution is 2.34. The third-order valence-corrected chi connectivity index (χ3v) is 4.75. The molecule has 0 aromatic carbocycles. The van der Waals surface area contributed by atoms with Crippen molar-refractivity contribution < 1.29 is 9.90 Å². The highest BCUT2D eigenvalue weighted by Gasteiger charge is 2.38. The Morgan fingerprint density at radius 1 is 1.37 bits per heavy atom. The molecular formula is C15H28N2O2. The number of aliphatic hydroxyl groups is 1. The second-order valence-electron chi connectivity index (χ2n) is 6.55. The normalized spacial score (nSPS) is 37.5. The third-order valence-electron chi connectivity index (χ3n) is 4.75. The summed E-state index contributed by atoms with van der Waals surface area (Å²) in [5.74, 6) is 1.17. The van der Waals surface area contributed by atoms with E-state index in [0.29, 0.717) is 12.0 Å². The maximum Gasteiger partial charge on any atom is 0.217 e. The Hall–Kier alpha value is -0.610. The minimum atomic E-state index is -0.239. The smallest absolute Gasteiger partial charge is 0.217 e. The molecule has 1 saturated carbocycles. The van der Waals surface area contributed by atoms with Gasteiger partial charge in [-0.15, -0.1) is 0 Å². The van der Waals surface area contributed by atoms with Gasteiger partial charge in [0.15, 0.2) is 0 Å². The molecule has 2 N–H and O–H groups in total. The summed E-state index contributed by atoms with van der Waals surface area (Å²) in [6.07, 6.45) is 4.00. The molecule has 2 rings (SSSR count). The molecule has 0 bridgehead atoms. The molecule has 0 radical (unpaired) electrons. The van der Waals surface area contributed by atoms with E-state index in [0.717, 1.165) is 31.8 Å². The number of amides is 1. The first kappa shape index (κ1) is 14.8. The lowest BCUT2D eigenvalue weighted by atomic mass is 9.78. The first-order valence-electron chi connectivity index (χ1n) is 7.68. The zero-order valence-electron chi connectivity index (χ0n) is 12.4. The van der Waals surface area contributed by atoms with Gasteiger partial charge in [0.25, 0.3) is 0 Å². The van der Waals surface area contributed by atoms with E-state index in [1.165, 1.54) is 12.8 Å². The van der Waals surface area contributed by atoms with Gasteiger partial charge in [-0.05, 0) is 37.5 Å². The maximum absolute atomic E-state index is 11.3. The van der Waals surface area contributed by atoms with Gasteiger partial charge < -0.3 is 10.4 Å². The lowest BCUT2D eigenvalue weighted by Crippen LogP contribution is -2.57. The summed E-state index contributed by atoms with van der Waals surface area (Å²) in [5.41, 5.74) is 0. The van der Waals surface area contributed by atoms with Crippen LogP contribution < -0.4 is 5.32 Å². The standard InChI is InChI=1S/C15H28N2O2/c1-4-15(19)12-7-13(16-11(3)18)9-17(8-12)14-5-10(2)6-14/h10,12-15,19H,4-9H2,1-3H3,(H,16,18). The molecule has 1 heterocycles. The van der Waals surface area contributed by atoms with Crippen LogP contribution >= 0.6 is 0 Å². The average Bonchev–Trinajstić information content (AvgIpc) is 2.32. The van der Waals surface area contributed by atoms with Gasteiger partial charge in [-0.2, -0.15) is 0 Å². The molecule has 1 amide bonds. The largest absolute Gasteiger partial charge is 0.393 e. The van der Waals surface area contributed by atoms with Crippen LogP contribution in [0, 0.1) is 11.8 Å². The molecule has 4 nitrogen and oxygen atoms in total. The van der Waals surface area contributed by atoms with E-state index >= 15 is 0 Å². The minimum absolute atomic E-state index is 0.0403. The number of nitrogens with one attached hydrogen (secondary N) is 1. The van der Waals surface area contributed by atoms with Crippen LogP contribution in [0.3, 0.4) is 0 Å². The number of carbonyl (C=O) groups excluding carboxylic acids is 1. The quantitative estimate of drug-likeness (QED) is 0.810. The van der Waals surface area contributed by atoms with Crippen LogP contribution in [0.25, 0.3) is 0 Å². The Balaban J connectivity index is 1.97. The van der Waals surface area contributed by atoms with Crippen molar-refractivity contribution in [3.63, 3.8) is 0 Å². The van der Waals surface area contributed by atoms with Gasteiger partial charge in [-0.3, -0.25) is 9.69 Å². The Kier molecular flexibility index (Phi) is 4.85. The molecule has 1 aliphatic carbocycles. The van der Waals surface area contributed by atoms with E-state index in [9.17, 15) is 9.90 Å². The fourth-order valence-electron chi connectivity index (χ4n) is 3.63. The molecule has 3 atom stereocenters. The lowest BCUT2D eigenvalue weighted by Gasteiger charge is -2.48. The van der Waals surface area contributed by atoms with Crippen LogP contribution in [-0.4, -0.2) is 47.2 Å². The van der Waals surface area contributed by atoms with Gasteiger partial charge in [0.05, 0.1) is 6.10 Å². The summed E-state index contributed by atoms with van der Waals surface area (Å²) in [6.45, 7) is 7.84. The number of rotatable bonds is 4. The predicted octanol–water partition coefficient (Wildman–Crippen LogP) is 1.38. The Bertz CT molecular complexity index is 315. The SMILES string of the molecule is CCC(O)C1CC(NC(C)=O)CN(C2CC(C)C2)C1. The van der Waals surface area contributed by atoms with E-state index < -0.39 is 0 Å². The van der Waals surface area contributed by atoms with Crippen molar-refractivity contribution in [3.05, 3.63) is 0 Å². The van der Waals surface area contributed by atoms with Crippen LogP contribution in [0.1, 0.15) is 46.5 Å². The molecule has 1 aliphatic heterocycles. The molecular weight excluding hydrogens is 240 g/mol. The van der Waals surface area contributed by atoms with Gasteiger partial charge in [0, 0.05) is 32.1 Å². The zero-order chi connectivity index (χ0) is 14.0. The van der Waals surface area contributed by atoms with Crippen molar-refractivity contribution in [2.24, 2.45) is 11.8 Å². The maximum atomic E-state index is 11.3. The fraction of sp³-hybridized carbons (Fsp3) is 0.933. The Morgan fingerprint density at radius 2 is 2.05 bits per heavy atom. The average molecular weight is 268 g/mol. The van der Waals surface area contributed by atoms with Crippen molar-refractivity contribution in [3.8, 4) is 0 Å². The summed E-state index contributed by atoms with van der Waals surface area (Å²) in [6, 6.07) is 0.867. The molecule has 0 aromatic heterocycles. The van der Waals surface area contributed by atoms with E-state index in [-0.39, 0.29) is 18.1 Å². The highest BCUT2D eigenvalue weighted by atomic mass is 16.3. The third kappa shape index (κ3) is 3.69. The van der Waals surface area contributed by atoms with Crippen molar-refractivity contribution >= 4 is 5.91 Å². The van der Waals surface area contributed by atoms with Crippen molar-refractivity contribution in [1.82, 2.24) is 10.2 Å². The van der Waals surface area contributed by atoms with Crippen LogP contribution in [0.2, 0.25) is 0 Å². The van der Waals surface area contributed by atoms with E-state index in [1.54, 1.807) is 6.92 Å². The van der Waals surface area contributed by atoms with Crippen LogP contribution in [-0.2, 0) is 4.79 Å². The molecule has 0 aromatic rings. The summed E-state index contributed by atoms with van der Waals surface area (Å²) in [5, 5.41) is 13.2. The van der Waals surface area contributed by atoms with Gasteiger partial charge in [0.2, 0.25) is 5.91 Å². The molecule has 110 valence electrons. The second kappa shape index (κ2) is 6.23. The first-order valence-corrected chi connectivity index (χ1v) is 7.68. The van der Waals surface area contributed by atoms with Gasteiger partial charge in [-0.25, -0.2) is 0 Å². The van der Waals surface area contributed by atoms with E-state index in [1.807, 2.05) is 6.92 Å². The molecule has 2 aliphatic rings. The number of carbonyl (C=O) groups is 1. The number of hydrogen-bond acceptors (Lipinski definition) is 3. The van der Waals surface area contributed by atoms with Crippen molar-refractivity contribution in [2.45, 2.75) is 64.6 Å². The monoisotopic (exact) mass is 268 g/mol. The number of piperidine rings is 1. The number of hydrogen-bond donors (Lipinski definition) is 2.